The monoisotopic (exact) mass is 243 g/mol. The van der Waals surface area contributed by atoms with Crippen LogP contribution in [0.25, 0.3) is 0 Å². The van der Waals surface area contributed by atoms with E-state index in [4.69, 9.17) is 9.47 Å². The van der Waals surface area contributed by atoms with Crippen molar-refractivity contribution in [1.82, 2.24) is 5.32 Å². The molecule has 0 aromatic rings. The lowest BCUT2D eigenvalue weighted by molar-refractivity contribution is -0.129. The van der Waals surface area contributed by atoms with Crippen LogP contribution in [-0.2, 0) is 9.47 Å². The molecule has 1 fully saturated rings. The molecule has 0 radical (unpaired) electrons. The second-order valence-electron chi connectivity index (χ2n) is 5.32. The maximum absolute atomic E-state index is 5.81. The number of ether oxygens (including phenoxy) is 2. The van der Waals surface area contributed by atoms with Crippen molar-refractivity contribution in [3.63, 3.8) is 0 Å². The van der Waals surface area contributed by atoms with Gasteiger partial charge in [-0.15, -0.1) is 0 Å². The highest BCUT2D eigenvalue weighted by atomic mass is 16.5. The third-order valence-corrected chi connectivity index (χ3v) is 4.17. The Kier molecular flexibility index (Phi) is 5.90. The normalized spacial score (nSPS) is 34.4. The van der Waals surface area contributed by atoms with E-state index in [2.05, 4.69) is 33.0 Å². The summed E-state index contributed by atoms with van der Waals surface area (Å²) in [5.41, 5.74) is 0.288. The summed E-state index contributed by atoms with van der Waals surface area (Å²) in [5.74, 6) is 0. The van der Waals surface area contributed by atoms with Gasteiger partial charge in [0.1, 0.15) is 0 Å². The zero-order valence-corrected chi connectivity index (χ0v) is 12.1. The van der Waals surface area contributed by atoms with Gasteiger partial charge in [-0.2, -0.15) is 0 Å². The van der Waals surface area contributed by atoms with Gasteiger partial charge >= 0.3 is 0 Å². The maximum Gasteiger partial charge on any atom is 0.0658 e. The Morgan fingerprint density at radius 2 is 2.00 bits per heavy atom. The van der Waals surface area contributed by atoms with Crippen LogP contribution in [0, 0.1) is 5.41 Å². The Labute approximate surface area is 106 Å². The fraction of sp³-hybridized carbons (Fsp3) is 1.00. The van der Waals surface area contributed by atoms with Gasteiger partial charge in [0.2, 0.25) is 0 Å². The van der Waals surface area contributed by atoms with Crippen molar-refractivity contribution in [3.8, 4) is 0 Å². The summed E-state index contributed by atoms with van der Waals surface area (Å²) in [5, 5.41) is 3.68. The molecular weight excluding hydrogens is 214 g/mol. The van der Waals surface area contributed by atoms with Gasteiger partial charge < -0.3 is 14.8 Å². The van der Waals surface area contributed by atoms with E-state index in [1.807, 2.05) is 6.92 Å². The lowest BCUT2D eigenvalue weighted by atomic mass is 9.61. The van der Waals surface area contributed by atoms with Crippen molar-refractivity contribution in [1.29, 1.82) is 0 Å². The first-order chi connectivity index (χ1) is 8.08. The first-order valence-electron chi connectivity index (χ1n) is 7.03. The van der Waals surface area contributed by atoms with E-state index in [0.717, 1.165) is 32.7 Å². The van der Waals surface area contributed by atoms with Crippen molar-refractivity contribution in [2.75, 3.05) is 19.8 Å². The SMILES string of the molecule is CCOCC(C)NC1CC(OCC)C1(C)CC. The van der Waals surface area contributed by atoms with Gasteiger partial charge in [0.15, 0.2) is 0 Å². The highest BCUT2D eigenvalue weighted by molar-refractivity contribution is 5.05. The van der Waals surface area contributed by atoms with E-state index in [1.165, 1.54) is 0 Å². The third kappa shape index (κ3) is 3.43. The van der Waals surface area contributed by atoms with Crippen molar-refractivity contribution >= 4 is 0 Å². The molecule has 3 heteroatoms. The molecule has 0 aliphatic heterocycles. The maximum atomic E-state index is 5.81. The highest BCUT2D eigenvalue weighted by Gasteiger charge is 2.51. The molecule has 1 saturated carbocycles. The molecule has 0 aromatic heterocycles. The standard InChI is InChI=1S/C14H29NO2/c1-6-14(5)12(9-13(14)17-8-3)15-11(4)10-16-7-2/h11-13,15H,6-10H2,1-5H3. The summed E-state index contributed by atoms with van der Waals surface area (Å²) in [6.07, 6.45) is 2.72. The molecule has 17 heavy (non-hydrogen) atoms. The average Bonchev–Trinajstić information content (AvgIpc) is 2.34. The smallest absolute Gasteiger partial charge is 0.0658 e. The van der Waals surface area contributed by atoms with Gasteiger partial charge in [0.05, 0.1) is 12.7 Å². The van der Waals surface area contributed by atoms with Crippen LogP contribution in [0.15, 0.2) is 0 Å². The molecule has 0 saturated heterocycles. The zero-order chi connectivity index (χ0) is 12.9. The Balaban J connectivity index is 2.40. The molecular formula is C14H29NO2. The number of nitrogens with one attached hydrogen (secondary N) is 1. The van der Waals surface area contributed by atoms with E-state index < -0.39 is 0 Å². The molecule has 1 rings (SSSR count). The minimum Gasteiger partial charge on any atom is -0.380 e. The Hall–Kier alpha value is -0.120. The van der Waals surface area contributed by atoms with Gasteiger partial charge in [-0.25, -0.2) is 0 Å². The van der Waals surface area contributed by atoms with E-state index in [-0.39, 0.29) is 5.41 Å². The van der Waals surface area contributed by atoms with Crippen molar-refractivity contribution in [3.05, 3.63) is 0 Å². The molecule has 102 valence electrons. The predicted molar refractivity (Wildman–Crippen MR) is 71.3 cm³/mol. The number of rotatable bonds is 8. The fourth-order valence-electron chi connectivity index (χ4n) is 2.69. The molecule has 1 aliphatic rings. The minimum atomic E-state index is 0.288. The summed E-state index contributed by atoms with van der Waals surface area (Å²) in [7, 11) is 0. The number of hydrogen-bond acceptors (Lipinski definition) is 3. The van der Waals surface area contributed by atoms with E-state index >= 15 is 0 Å². The van der Waals surface area contributed by atoms with Gasteiger partial charge in [-0.3, -0.25) is 0 Å². The first kappa shape index (κ1) is 14.9. The molecule has 3 nitrogen and oxygen atoms in total. The summed E-state index contributed by atoms with van der Waals surface area (Å²) in [6.45, 7) is 13.3. The van der Waals surface area contributed by atoms with Crippen molar-refractivity contribution < 1.29 is 9.47 Å². The lowest BCUT2D eigenvalue weighted by Gasteiger charge is -2.54. The van der Waals surface area contributed by atoms with Crippen LogP contribution in [0.3, 0.4) is 0 Å². The Morgan fingerprint density at radius 1 is 1.29 bits per heavy atom. The van der Waals surface area contributed by atoms with Gasteiger partial charge in [-0.1, -0.05) is 13.8 Å². The third-order valence-electron chi connectivity index (χ3n) is 4.17. The van der Waals surface area contributed by atoms with Crippen LogP contribution < -0.4 is 5.32 Å². The van der Waals surface area contributed by atoms with Crippen LogP contribution in [0.1, 0.15) is 47.5 Å². The van der Waals surface area contributed by atoms with Crippen molar-refractivity contribution in [2.45, 2.75) is 65.6 Å². The molecule has 0 heterocycles. The Bertz CT molecular complexity index is 222. The second-order valence-corrected chi connectivity index (χ2v) is 5.32. The molecule has 4 atom stereocenters. The average molecular weight is 243 g/mol. The van der Waals surface area contributed by atoms with E-state index in [0.29, 0.717) is 18.2 Å². The Morgan fingerprint density at radius 3 is 2.53 bits per heavy atom. The summed E-state index contributed by atoms with van der Waals surface area (Å²) < 4.78 is 11.3. The first-order valence-corrected chi connectivity index (χ1v) is 7.03. The largest absolute Gasteiger partial charge is 0.380 e. The molecule has 0 aromatic carbocycles. The molecule has 4 unspecified atom stereocenters. The summed E-state index contributed by atoms with van der Waals surface area (Å²) in [6, 6.07) is 0.993. The highest BCUT2D eigenvalue weighted by Crippen LogP contribution is 2.46. The second kappa shape index (κ2) is 6.72. The van der Waals surface area contributed by atoms with Crippen molar-refractivity contribution in [2.24, 2.45) is 5.41 Å². The van der Waals surface area contributed by atoms with Crippen LogP contribution in [0.4, 0.5) is 0 Å². The fourth-order valence-corrected chi connectivity index (χ4v) is 2.69. The molecule has 0 amide bonds. The topological polar surface area (TPSA) is 30.5 Å². The minimum absolute atomic E-state index is 0.288. The molecule has 1 N–H and O–H groups in total. The van der Waals surface area contributed by atoms with E-state index in [9.17, 15) is 0 Å². The van der Waals surface area contributed by atoms with Crippen LogP contribution in [0.2, 0.25) is 0 Å². The summed E-state index contributed by atoms with van der Waals surface area (Å²) in [4.78, 5) is 0. The zero-order valence-electron chi connectivity index (χ0n) is 12.1. The molecule has 1 aliphatic carbocycles. The molecule has 0 bridgehead atoms. The van der Waals surface area contributed by atoms with Gasteiger partial charge in [0, 0.05) is 30.7 Å². The number of hydrogen-bond donors (Lipinski definition) is 1. The van der Waals surface area contributed by atoms with Crippen LogP contribution in [0.5, 0.6) is 0 Å². The quantitative estimate of drug-likeness (QED) is 0.711. The summed E-state index contributed by atoms with van der Waals surface area (Å²) >= 11 is 0. The van der Waals surface area contributed by atoms with Gasteiger partial charge in [0.25, 0.3) is 0 Å². The molecule has 0 spiro atoms. The van der Waals surface area contributed by atoms with Gasteiger partial charge in [-0.05, 0) is 33.6 Å². The van der Waals surface area contributed by atoms with E-state index in [1.54, 1.807) is 0 Å². The van der Waals surface area contributed by atoms with Crippen LogP contribution in [-0.4, -0.2) is 38.0 Å². The lowest BCUT2D eigenvalue weighted by Crippen LogP contribution is -2.64. The van der Waals surface area contributed by atoms with Crippen LogP contribution >= 0.6 is 0 Å². The predicted octanol–water partition coefficient (Wildman–Crippen LogP) is 2.59.